The zero-order chi connectivity index (χ0) is 16.6. The first-order chi connectivity index (χ1) is 10.9. The van der Waals surface area contributed by atoms with E-state index < -0.39 is 17.5 Å². The molecular weight excluding hydrogens is 294 g/mol. The first-order valence-electron chi connectivity index (χ1n) is 7.34. The van der Waals surface area contributed by atoms with Crippen molar-refractivity contribution in [2.75, 3.05) is 6.54 Å². The second kappa shape index (κ2) is 5.39. The van der Waals surface area contributed by atoms with Crippen molar-refractivity contribution in [3.63, 3.8) is 0 Å². The van der Waals surface area contributed by atoms with Gasteiger partial charge in [-0.15, -0.1) is 0 Å². The molecular formula is C17H17N3O3. The fourth-order valence-corrected chi connectivity index (χ4v) is 2.97. The maximum atomic E-state index is 12.8. The summed E-state index contributed by atoms with van der Waals surface area (Å²) in [6.07, 6.45) is -0.0508. The van der Waals surface area contributed by atoms with Gasteiger partial charge in [0.2, 0.25) is 5.91 Å². The molecule has 1 aliphatic heterocycles. The average Bonchev–Trinajstić information content (AvgIpc) is 2.75. The van der Waals surface area contributed by atoms with Gasteiger partial charge in [0, 0.05) is 13.0 Å². The van der Waals surface area contributed by atoms with E-state index in [1.165, 1.54) is 0 Å². The highest BCUT2D eigenvalue weighted by Gasteiger charge is 2.49. The zero-order valence-corrected chi connectivity index (χ0v) is 12.7. The van der Waals surface area contributed by atoms with E-state index in [-0.39, 0.29) is 18.9 Å². The Bertz CT molecular complexity index is 812. The molecule has 1 atom stereocenters. The molecule has 0 aliphatic carbocycles. The number of hydrogen-bond donors (Lipinski definition) is 2. The molecule has 118 valence electrons. The van der Waals surface area contributed by atoms with Crippen molar-refractivity contribution in [1.29, 1.82) is 0 Å². The molecule has 6 nitrogen and oxygen atoms in total. The summed E-state index contributed by atoms with van der Waals surface area (Å²) in [5.41, 5.74) is 4.68. The van der Waals surface area contributed by atoms with Gasteiger partial charge in [-0.1, -0.05) is 42.5 Å². The van der Waals surface area contributed by atoms with Crippen LogP contribution >= 0.6 is 0 Å². The maximum absolute atomic E-state index is 12.8. The highest BCUT2D eigenvalue weighted by atomic mass is 16.2. The molecule has 0 saturated carbocycles. The number of fused-ring (bicyclic) bond motifs is 1. The number of nitrogens with zero attached hydrogens (tertiary/aromatic N) is 1. The molecule has 6 heteroatoms. The molecule has 0 aromatic heterocycles. The minimum Gasteiger partial charge on any atom is -0.370 e. The van der Waals surface area contributed by atoms with E-state index in [1.54, 1.807) is 6.92 Å². The number of amides is 4. The maximum Gasteiger partial charge on any atom is 0.325 e. The van der Waals surface area contributed by atoms with Gasteiger partial charge in [-0.25, -0.2) is 4.79 Å². The average molecular weight is 311 g/mol. The van der Waals surface area contributed by atoms with Crippen LogP contribution in [0.15, 0.2) is 42.5 Å². The summed E-state index contributed by atoms with van der Waals surface area (Å²) in [6, 6.07) is 12.8. The van der Waals surface area contributed by atoms with E-state index in [2.05, 4.69) is 5.32 Å². The minimum atomic E-state index is -1.16. The molecule has 0 unspecified atom stereocenters. The van der Waals surface area contributed by atoms with Crippen LogP contribution in [0.5, 0.6) is 0 Å². The first kappa shape index (κ1) is 15.0. The van der Waals surface area contributed by atoms with Crippen LogP contribution in [0, 0.1) is 0 Å². The third-order valence-electron chi connectivity index (χ3n) is 4.19. The lowest BCUT2D eigenvalue weighted by Crippen LogP contribution is -2.41. The number of rotatable bonds is 4. The number of carbonyl (C=O) groups excluding carboxylic acids is 3. The second-order valence-electron chi connectivity index (χ2n) is 5.75. The summed E-state index contributed by atoms with van der Waals surface area (Å²) in [5, 5.41) is 4.64. The fourth-order valence-electron chi connectivity index (χ4n) is 2.97. The Morgan fingerprint density at radius 3 is 2.61 bits per heavy atom. The molecule has 1 fully saturated rings. The monoisotopic (exact) mass is 311 g/mol. The largest absolute Gasteiger partial charge is 0.370 e. The van der Waals surface area contributed by atoms with Gasteiger partial charge in [0.25, 0.3) is 5.91 Å². The topological polar surface area (TPSA) is 92.5 Å². The van der Waals surface area contributed by atoms with Crippen molar-refractivity contribution >= 4 is 28.6 Å². The number of nitrogens with two attached hydrogens (primary N) is 1. The highest BCUT2D eigenvalue weighted by Crippen LogP contribution is 2.33. The van der Waals surface area contributed by atoms with Gasteiger partial charge in [-0.2, -0.15) is 0 Å². The number of benzene rings is 2. The molecule has 0 bridgehead atoms. The predicted molar refractivity (Wildman–Crippen MR) is 85.4 cm³/mol. The molecule has 23 heavy (non-hydrogen) atoms. The van der Waals surface area contributed by atoms with Crippen LogP contribution in [-0.4, -0.2) is 29.3 Å². The summed E-state index contributed by atoms with van der Waals surface area (Å²) in [5.74, 6) is -0.926. The number of nitrogens with one attached hydrogen (secondary N) is 1. The number of imide groups is 1. The van der Waals surface area contributed by atoms with E-state index in [0.29, 0.717) is 0 Å². The Hall–Kier alpha value is -2.89. The van der Waals surface area contributed by atoms with Gasteiger partial charge in [0.15, 0.2) is 0 Å². The van der Waals surface area contributed by atoms with E-state index in [9.17, 15) is 14.4 Å². The quantitative estimate of drug-likeness (QED) is 0.838. The fraction of sp³-hybridized carbons (Fsp3) is 0.235. The Kier molecular flexibility index (Phi) is 3.52. The lowest BCUT2D eigenvalue weighted by Gasteiger charge is -2.24. The number of carbonyl (C=O) groups is 3. The second-order valence-corrected chi connectivity index (χ2v) is 5.75. The summed E-state index contributed by atoms with van der Waals surface area (Å²) in [6.45, 7) is 1.67. The number of primary amides is 1. The van der Waals surface area contributed by atoms with Crippen molar-refractivity contribution in [1.82, 2.24) is 10.2 Å². The summed E-state index contributed by atoms with van der Waals surface area (Å²) in [7, 11) is 0. The smallest absolute Gasteiger partial charge is 0.325 e. The number of hydrogen-bond acceptors (Lipinski definition) is 3. The molecule has 1 heterocycles. The molecule has 3 rings (SSSR count). The van der Waals surface area contributed by atoms with Gasteiger partial charge < -0.3 is 11.1 Å². The van der Waals surface area contributed by atoms with Crippen molar-refractivity contribution in [2.24, 2.45) is 5.73 Å². The van der Waals surface area contributed by atoms with Gasteiger partial charge in [0.1, 0.15) is 5.54 Å². The van der Waals surface area contributed by atoms with Gasteiger partial charge in [-0.3, -0.25) is 14.5 Å². The molecule has 4 amide bonds. The molecule has 2 aromatic carbocycles. The third kappa shape index (κ3) is 2.42. The van der Waals surface area contributed by atoms with Gasteiger partial charge in [0.05, 0.1) is 0 Å². The van der Waals surface area contributed by atoms with Crippen molar-refractivity contribution in [3.05, 3.63) is 48.0 Å². The van der Waals surface area contributed by atoms with Crippen LogP contribution in [0.4, 0.5) is 4.79 Å². The first-order valence-corrected chi connectivity index (χ1v) is 7.34. The van der Waals surface area contributed by atoms with E-state index in [4.69, 9.17) is 5.73 Å². The van der Waals surface area contributed by atoms with Crippen LogP contribution in [0.2, 0.25) is 0 Å². The van der Waals surface area contributed by atoms with E-state index in [1.807, 2.05) is 42.5 Å². The van der Waals surface area contributed by atoms with Crippen molar-refractivity contribution in [2.45, 2.75) is 18.9 Å². The van der Waals surface area contributed by atoms with Crippen molar-refractivity contribution in [3.8, 4) is 0 Å². The summed E-state index contributed by atoms with van der Waals surface area (Å²) < 4.78 is 0. The van der Waals surface area contributed by atoms with Crippen LogP contribution in [0.3, 0.4) is 0 Å². The standard InChI is InChI=1S/C17H17N3O3/c1-17(13-8-4-6-11-5-2-3-7-12(11)13)15(22)20(16(23)19-17)10-9-14(18)21/h2-8H,9-10H2,1H3,(H2,18,21)(H,19,23)/t17-/m1/s1. The van der Waals surface area contributed by atoms with Crippen LogP contribution in [-0.2, 0) is 15.1 Å². The molecule has 1 aliphatic rings. The molecule has 0 spiro atoms. The zero-order valence-electron chi connectivity index (χ0n) is 12.7. The molecule has 2 aromatic rings. The lowest BCUT2D eigenvalue weighted by molar-refractivity contribution is -0.131. The number of urea groups is 1. The van der Waals surface area contributed by atoms with Crippen molar-refractivity contribution < 1.29 is 14.4 Å². The van der Waals surface area contributed by atoms with Gasteiger partial charge >= 0.3 is 6.03 Å². The van der Waals surface area contributed by atoms with E-state index in [0.717, 1.165) is 21.2 Å². The normalized spacial score (nSPS) is 20.8. The third-order valence-corrected chi connectivity index (χ3v) is 4.19. The van der Waals surface area contributed by atoms with Gasteiger partial charge in [-0.05, 0) is 23.3 Å². The SMILES string of the molecule is C[C@]1(c2cccc3ccccc23)NC(=O)N(CCC(N)=O)C1=O. The summed E-state index contributed by atoms with van der Waals surface area (Å²) in [4.78, 5) is 36.9. The van der Waals surface area contributed by atoms with E-state index >= 15 is 0 Å². The van der Waals surface area contributed by atoms with Crippen LogP contribution in [0.25, 0.3) is 10.8 Å². The Morgan fingerprint density at radius 1 is 1.17 bits per heavy atom. The van der Waals surface area contributed by atoms with Crippen LogP contribution < -0.4 is 11.1 Å². The van der Waals surface area contributed by atoms with Crippen LogP contribution in [0.1, 0.15) is 18.9 Å². The lowest BCUT2D eigenvalue weighted by atomic mass is 9.88. The Balaban J connectivity index is 2.03. The Morgan fingerprint density at radius 2 is 1.87 bits per heavy atom. The minimum absolute atomic E-state index is 0.0135. The Labute approximate surface area is 133 Å². The predicted octanol–water partition coefficient (Wildman–Crippen LogP) is 1.48. The molecule has 1 saturated heterocycles. The highest BCUT2D eigenvalue weighted by molar-refractivity contribution is 6.09. The molecule has 0 radical (unpaired) electrons. The molecule has 3 N–H and O–H groups in total. The summed E-state index contributed by atoms with van der Waals surface area (Å²) >= 11 is 0.